The molecule has 1 aliphatic heterocycles. The summed E-state index contributed by atoms with van der Waals surface area (Å²) in [6, 6.07) is 1.93. The van der Waals surface area contributed by atoms with Crippen molar-refractivity contribution in [1.29, 1.82) is 0 Å². The van der Waals surface area contributed by atoms with Crippen molar-refractivity contribution in [2.24, 2.45) is 0 Å². The summed E-state index contributed by atoms with van der Waals surface area (Å²) in [6.07, 6.45) is 6.75. The zero-order valence-electron chi connectivity index (χ0n) is 14.7. The second-order valence-corrected chi connectivity index (χ2v) is 8.50. The summed E-state index contributed by atoms with van der Waals surface area (Å²) in [7, 11) is 0. The summed E-state index contributed by atoms with van der Waals surface area (Å²) in [5.41, 5.74) is 2.38. The highest BCUT2D eigenvalue weighted by Crippen LogP contribution is 2.33. The van der Waals surface area contributed by atoms with Gasteiger partial charge in [0.1, 0.15) is 0 Å². The number of hydrogen-bond acceptors (Lipinski definition) is 4. The van der Waals surface area contributed by atoms with E-state index in [-0.39, 0.29) is 11.3 Å². The topological polar surface area (TPSA) is 46.3 Å². The molecule has 0 saturated carbocycles. The van der Waals surface area contributed by atoms with E-state index in [0.29, 0.717) is 12.3 Å². The van der Waals surface area contributed by atoms with Crippen LogP contribution in [0.1, 0.15) is 62.2 Å². The predicted octanol–water partition coefficient (Wildman–Crippen LogP) is 4.37. The van der Waals surface area contributed by atoms with Crippen molar-refractivity contribution in [3.05, 3.63) is 40.2 Å². The summed E-state index contributed by atoms with van der Waals surface area (Å²) in [5.74, 6) is 0.758. The van der Waals surface area contributed by atoms with Gasteiger partial charge in [-0.3, -0.25) is 4.79 Å². The van der Waals surface area contributed by atoms with Crippen LogP contribution in [0.3, 0.4) is 0 Å². The molecule has 1 aliphatic rings. The molecule has 0 atom stereocenters. The first kappa shape index (κ1) is 17.2. The van der Waals surface area contributed by atoms with Crippen molar-refractivity contribution < 1.29 is 9.21 Å². The van der Waals surface area contributed by atoms with Gasteiger partial charge in [-0.2, -0.15) is 0 Å². The number of amides is 1. The van der Waals surface area contributed by atoms with Gasteiger partial charge in [-0.05, 0) is 30.9 Å². The lowest BCUT2D eigenvalue weighted by atomic mass is 9.93. The molecule has 0 N–H and O–H groups in total. The molecule has 0 unspecified atom stereocenters. The molecule has 4 nitrogen and oxygen atoms in total. The number of hydrogen-bond donors (Lipinski definition) is 0. The van der Waals surface area contributed by atoms with Gasteiger partial charge in [0.15, 0.2) is 0 Å². The van der Waals surface area contributed by atoms with E-state index < -0.39 is 0 Å². The third-order valence-electron chi connectivity index (χ3n) is 4.69. The van der Waals surface area contributed by atoms with Crippen LogP contribution in [-0.2, 0) is 16.6 Å². The molecule has 3 heterocycles. The predicted molar refractivity (Wildman–Crippen MR) is 96.4 cm³/mol. The zero-order valence-corrected chi connectivity index (χ0v) is 15.6. The van der Waals surface area contributed by atoms with Crippen LogP contribution in [-0.4, -0.2) is 28.9 Å². The molecule has 24 heavy (non-hydrogen) atoms. The largest absolute Gasteiger partial charge is 0.472 e. The van der Waals surface area contributed by atoms with Gasteiger partial charge < -0.3 is 9.32 Å². The molecule has 0 spiro atoms. The highest BCUT2D eigenvalue weighted by molar-refractivity contribution is 7.09. The van der Waals surface area contributed by atoms with Crippen LogP contribution in [0.4, 0.5) is 0 Å². The number of thiazole rings is 1. The van der Waals surface area contributed by atoms with E-state index in [0.717, 1.165) is 37.9 Å². The van der Waals surface area contributed by atoms with Crippen molar-refractivity contribution in [2.45, 2.75) is 57.8 Å². The molecule has 2 aromatic rings. The molecule has 0 aromatic carbocycles. The van der Waals surface area contributed by atoms with Gasteiger partial charge in [0, 0.05) is 36.2 Å². The Morgan fingerprint density at radius 1 is 1.38 bits per heavy atom. The van der Waals surface area contributed by atoms with E-state index >= 15 is 0 Å². The third-order valence-corrected chi connectivity index (χ3v) is 5.70. The number of likely N-dealkylation sites (tertiary alicyclic amines) is 1. The van der Waals surface area contributed by atoms with Crippen LogP contribution in [0, 0.1) is 0 Å². The fourth-order valence-corrected chi connectivity index (χ4v) is 4.26. The quantitative estimate of drug-likeness (QED) is 0.826. The van der Waals surface area contributed by atoms with E-state index in [4.69, 9.17) is 9.40 Å². The molecule has 130 valence electrons. The first-order chi connectivity index (χ1) is 11.4. The van der Waals surface area contributed by atoms with Crippen molar-refractivity contribution in [3.8, 4) is 0 Å². The maximum absolute atomic E-state index is 12.4. The molecule has 1 fully saturated rings. The van der Waals surface area contributed by atoms with Crippen molar-refractivity contribution in [2.75, 3.05) is 13.1 Å². The van der Waals surface area contributed by atoms with Gasteiger partial charge in [-0.25, -0.2) is 4.98 Å². The van der Waals surface area contributed by atoms with Crippen molar-refractivity contribution in [3.63, 3.8) is 0 Å². The molecule has 2 aromatic heterocycles. The number of carbonyl (C=O) groups is 1. The number of aromatic nitrogens is 1. The van der Waals surface area contributed by atoms with Crippen LogP contribution in [0.15, 0.2) is 28.4 Å². The van der Waals surface area contributed by atoms with Gasteiger partial charge in [0.2, 0.25) is 5.91 Å². The van der Waals surface area contributed by atoms with E-state index in [1.54, 1.807) is 23.9 Å². The molecule has 0 bridgehead atoms. The average molecular weight is 346 g/mol. The summed E-state index contributed by atoms with van der Waals surface area (Å²) < 4.78 is 5.05. The van der Waals surface area contributed by atoms with Crippen LogP contribution in [0.2, 0.25) is 0 Å². The minimum Gasteiger partial charge on any atom is -0.472 e. The first-order valence-corrected chi connectivity index (χ1v) is 9.56. The van der Waals surface area contributed by atoms with Gasteiger partial charge >= 0.3 is 0 Å². The van der Waals surface area contributed by atoms with Crippen molar-refractivity contribution >= 4 is 17.2 Å². The minimum absolute atomic E-state index is 0.110. The highest BCUT2D eigenvalue weighted by atomic mass is 32.1. The lowest BCUT2D eigenvalue weighted by molar-refractivity contribution is -0.132. The molecule has 1 amide bonds. The van der Waals surface area contributed by atoms with Gasteiger partial charge in [0.05, 0.1) is 23.2 Å². The third kappa shape index (κ3) is 4.07. The molecule has 0 aliphatic carbocycles. The smallest absolute Gasteiger partial charge is 0.222 e. The molecule has 5 heteroatoms. The highest BCUT2D eigenvalue weighted by Gasteiger charge is 2.27. The summed E-state index contributed by atoms with van der Waals surface area (Å²) >= 11 is 1.78. The zero-order chi connectivity index (χ0) is 17.2. The van der Waals surface area contributed by atoms with Crippen LogP contribution < -0.4 is 0 Å². The Kier molecular flexibility index (Phi) is 5.09. The van der Waals surface area contributed by atoms with Gasteiger partial charge in [0.25, 0.3) is 0 Å². The van der Waals surface area contributed by atoms with Crippen LogP contribution >= 0.6 is 11.3 Å². The van der Waals surface area contributed by atoms with Gasteiger partial charge in [-0.1, -0.05) is 20.8 Å². The number of nitrogens with zero attached hydrogens (tertiary/aromatic N) is 2. The van der Waals surface area contributed by atoms with Crippen molar-refractivity contribution in [1.82, 2.24) is 9.88 Å². The van der Waals surface area contributed by atoms with E-state index in [2.05, 4.69) is 26.2 Å². The maximum atomic E-state index is 12.4. The Bertz CT molecular complexity index is 662. The lowest BCUT2D eigenvalue weighted by Crippen LogP contribution is -2.38. The van der Waals surface area contributed by atoms with E-state index in [1.165, 1.54) is 10.7 Å². The monoisotopic (exact) mass is 346 g/mol. The SMILES string of the molecule is CC(C)(C)c1csc(C2CCN(C(=O)CCc3ccoc3)CC2)n1. The van der Waals surface area contributed by atoms with E-state index in [9.17, 15) is 4.79 Å². The maximum Gasteiger partial charge on any atom is 0.222 e. The standard InChI is InChI=1S/C19H26N2O2S/c1-19(2,3)16-13-24-18(20-16)15-6-9-21(10-7-15)17(22)5-4-14-8-11-23-12-14/h8,11-13,15H,4-7,9-10H2,1-3H3. The molecule has 3 rings (SSSR count). The number of furan rings is 1. The molecule has 0 radical (unpaired) electrons. The molecular weight excluding hydrogens is 320 g/mol. The molecular formula is C19H26N2O2S. The second kappa shape index (κ2) is 7.09. The Morgan fingerprint density at radius 3 is 2.71 bits per heavy atom. The second-order valence-electron chi connectivity index (χ2n) is 7.61. The fourth-order valence-electron chi connectivity index (χ4n) is 3.04. The molecule has 1 saturated heterocycles. The summed E-state index contributed by atoms with van der Waals surface area (Å²) in [6.45, 7) is 8.30. The van der Waals surface area contributed by atoms with Gasteiger partial charge in [-0.15, -0.1) is 11.3 Å². The Balaban J connectivity index is 1.50. The Hall–Kier alpha value is -1.62. The Morgan fingerprint density at radius 2 is 2.12 bits per heavy atom. The minimum atomic E-state index is 0.110. The van der Waals surface area contributed by atoms with Crippen LogP contribution in [0.25, 0.3) is 0 Å². The normalized spacial score (nSPS) is 16.5. The first-order valence-electron chi connectivity index (χ1n) is 8.68. The van der Waals surface area contributed by atoms with E-state index in [1.807, 2.05) is 11.0 Å². The lowest BCUT2D eigenvalue weighted by Gasteiger charge is -2.31. The average Bonchev–Trinajstić information content (AvgIpc) is 3.23. The number of piperidine rings is 1. The Labute approximate surface area is 147 Å². The summed E-state index contributed by atoms with van der Waals surface area (Å²) in [5, 5.41) is 3.43. The fraction of sp³-hybridized carbons (Fsp3) is 0.579. The van der Waals surface area contributed by atoms with Crippen LogP contribution in [0.5, 0.6) is 0 Å². The number of rotatable bonds is 4. The number of aryl methyl sites for hydroxylation is 1. The summed E-state index contributed by atoms with van der Waals surface area (Å²) in [4.78, 5) is 19.2. The number of carbonyl (C=O) groups excluding carboxylic acids is 1.